The van der Waals surface area contributed by atoms with E-state index in [2.05, 4.69) is 5.10 Å². The summed E-state index contributed by atoms with van der Waals surface area (Å²) in [6.07, 6.45) is 0.765. The fourth-order valence-electron chi connectivity index (χ4n) is 3.42. The summed E-state index contributed by atoms with van der Waals surface area (Å²) >= 11 is 6.16. The number of hydrogen-bond acceptors (Lipinski definition) is 5. The van der Waals surface area contributed by atoms with Crippen molar-refractivity contribution in [3.05, 3.63) is 58.6 Å². The third-order valence-electron chi connectivity index (χ3n) is 4.90. The molecule has 1 atom stereocenters. The lowest BCUT2D eigenvalue weighted by Crippen LogP contribution is -2.27. The Kier molecular flexibility index (Phi) is 6.95. The molecule has 158 valence electrons. The average Bonchev–Trinajstić information content (AvgIpc) is 3.18. The number of methoxy groups -OCH3 is 2. The molecular weight excluding hydrogens is 408 g/mol. The van der Waals surface area contributed by atoms with Crippen molar-refractivity contribution in [2.75, 3.05) is 14.2 Å². The topological polar surface area (TPSA) is 88.4 Å². The molecule has 0 aromatic heterocycles. The number of rotatable bonds is 8. The van der Waals surface area contributed by atoms with Crippen molar-refractivity contribution >= 4 is 29.2 Å². The molecule has 0 saturated carbocycles. The second-order valence-electron chi connectivity index (χ2n) is 6.87. The van der Waals surface area contributed by atoms with Crippen molar-refractivity contribution < 1.29 is 24.2 Å². The minimum Gasteiger partial charge on any atom is -0.497 e. The van der Waals surface area contributed by atoms with E-state index >= 15 is 0 Å². The van der Waals surface area contributed by atoms with Crippen molar-refractivity contribution in [2.24, 2.45) is 5.10 Å². The fraction of sp³-hybridized carbons (Fsp3) is 0.318. The Morgan fingerprint density at radius 2 is 1.97 bits per heavy atom. The van der Waals surface area contributed by atoms with E-state index in [0.29, 0.717) is 28.7 Å². The molecule has 8 heteroatoms. The Bertz CT molecular complexity index is 976. The van der Waals surface area contributed by atoms with Gasteiger partial charge in [0.1, 0.15) is 11.5 Å². The lowest BCUT2D eigenvalue weighted by Gasteiger charge is -2.22. The maximum Gasteiger partial charge on any atom is 0.303 e. The predicted molar refractivity (Wildman–Crippen MR) is 113 cm³/mol. The Balaban J connectivity index is 1.93. The van der Waals surface area contributed by atoms with Gasteiger partial charge in [-0.05, 0) is 36.2 Å². The van der Waals surface area contributed by atoms with Crippen LogP contribution in [-0.2, 0) is 9.59 Å². The van der Waals surface area contributed by atoms with Gasteiger partial charge in [-0.25, -0.2) is 5.01 Å². The molecule has 3 rings (SSSR count). The van der Waals surface area contributed by atoms with Crippen LogP contribution in [0.15, 0.2) is 47.6 Å². The number of carboxylic acids is 1. The third kappa shape index (κ3) is 4.91. The van der Waals surface area contributed by atoms with E-state index in [-0.39, 0.29) is 31.2 Å². The molecule has 7 nitrogen and oxygen atoms in total. The molecule has 0 aliphatic carbocycles. The molecule has 1 amide bonds. The van der Waals surface area contributed by atoms with E-state index < -0.39 is 5.97 Å². The van der Waals surface area contributed by atoms with Gasteiger partial charge in [-0.3, -0.25) is 9.59 Å². The van der Waals surface area contributed by atoms with E-state index in [4.69, 9.17) is 26.2 Å². The highest BCUT2D eigenvalue weighted by Crippen LogP contribution is 2.37. The van der Waals surface area contributed by atoms with Crippen LogP contribution in [0.1, 0.15) is 42.9 Å². The first-order chi connectivity index (χ1) is 14.4. The van der Waals surface area contributed by atoms with Gasteiger partial charge in [0.2, 0.25) is 5.91 Å². The molecule has 0 bridgehead atoms. The number of benzene rings is 2. The van der Waals surface area contributed by atoms with Crippen molar-refractivity contribution in [1.82, 2.24) is 5.01 Å². The molecule has 0 unspecified atom stereocenters. The summed E-state index contributed by atoms with van der Waals surface area (Å²) in [5.41, 5.74) is 2.33. The largest absolute Gasteiger partial charge is 0.497 e. The van der Waals surface area contributed by atoms with Gasteiger partial charge in [0, 0.05) is 35.9 Å². The Hall–Kier alpha value is -3.06. The van der Waals surface area contributed by atoms with E-state index in [1.165, 1.54) is 5.01 Å². The quantitative estimate of drug-likeness (QED) is 0.674. The van der Waals surface area contributed by atoms with Gasteiger partial charge in [-0.15, -0.1) is 0 Å². The van der Waals surface area contributed by atoms with Crippen molar-refractivity contribution in [3.8, 4) is 11.5 Å². The number of hydrogen-bond donors (Lipinski definition) is 1. The molecule has 0 fully saturated rings. The SMILES string of the molecule is COc1ccc(C2=NN(C(=O)CCCC(=O)O)[C@@H](c3cccc(Cl)c3)C2)c(OC)c1. The monoisotopic (exact) mass is 430 g/mol. The van der Waals surface area contributed by atoms with Crippen LogP contribution in [0.3, 0.4) is 0 Å². The average molecular weight is 431 g/mol. The number of nitrogens with zero attached hydrogens (tertiary/aromatic N) is 2. The van der Waals surface area contributed by atoms with Crippen LogP contribution in [0, 0.1) is 0 Å². The second-order valence-corrected chi connectivity index (χ2v) is 7.31. The van der Waals surface area contributed by atoms with E-state index in [1.807, 2.05) is 30.3 Å². The zero-order valence-electron chi connectivity index (χ0n) is 16.8. The summed E-state index contributed by atoms with van der Waals surface area (Å²) in [5.74, 6) is 0.0896. The third-order valence-corrected chi connectivity index (χ3v) is 5.14. The number of carbonyl (C=O) groups excluding carboxylic acids is 1. The van der Waals surface area contributed by atoms with E-state index in [0.717, 1.165) is 11.1 Å². The maximum absolute atomic E-state index is 12.9. The number of carbonyl (C=O) groups is 2. The zero-order valence-corrected chi connectivity index (χ0v) is 17.6. The molecule has 0 spiro atoms. The Labute approximate surface area is 179 Å². The molecule has 0 radical (unpaired) electrons. The minimum atomic E-state index is -0.928. The van der Waals surface area contributed by atoms with Gasteiger partial charge >= 0.3 is 5.97 Å². The zero-order chi connectivity index (χ0) is 21.7. The maximum atomic E-state index is 12.9. The number of amides is 1. The van der Waals surface area contributed by atoms with Crippen molar-refractivity contribution in [3.63, 3.8) is 0 Å². The smallest absolute Gasteiger partial charge is 0.303 e. The van der Waals surface area contributed by atoms with Crippen molar-refractivity contribution in [1.29, 1.82) is 0 Å². The Morgan fingerprint density at radius 3 is 2.63 bits per heavy atom. The molecule has 1 heterocycles. The first-order valence-electron chi connectivity index (χ1n) is 9.52. The van der Waals surface area contributed by atoms with Gasteiger partial charge in [0.05, 0.1) is 26.0 Å². The van der Waals surface area contributed by atoms with Gasteiger partial charge in [-0.1, -0.05) is 23.7 Å². The van der Waals surface area contributed by atoms with Crippen molar-refractivity contribution in [2.45, 2.75) is 31.7 Å². The highest BCUT2D eigenvalue weighted by Gasteiger charge is 2.34. The Morgan fingerprint density at radius 1 is 1.17 bits per heavy atom. The van der Waals surface area contributed by atoms with Gasteiger partial charge in [0.25, 0.3) is 0 Å². The molecule has 2 aromatic rings. The van der Waals surface area contributed by atoms with Gasteiger partial charge < -0.3 is 14.6 Å². The molecule has 2 aromatic carbocycles. The molecule has 1 aliphatic heterocycles. The first kappa shape index (κ1) is 21.6. The van der Waals surface area contributed by atoms with Crippen LogP contribution in [0.25, 0.3) is 0 Å². The lowest BCUT2D eigenvalue weighted by molar-refractivity contribution is -0.137. The standard InChI is InChI=1S/C22H23ClN2O5/c1-29-16-9-10-17(20(12-16)30-2)18-13-19(14-5-3-6-15(23)11-14)25(24-18)21(26)7-4-8-22(27)28/h3,5-6,9-12,19H,4,7-8,13H2,1-2H3,(H,27,28)/t19-/m1/s1. The second kappa shape index (κ2) is 9.63. The number of halogens is 1. The van der Waals surface area contributed by atoms with Crippen LogP contribution < -0.4 is 9.47 Å². The molecular formula is C22H23ClN2O5. The number of carboxylic acid groups (broad SMARTS) is 1. The van der Waals surface area contributed by atoms with Crippen LogP contribution in [0.2, 0.25) is 5.02 Å². The summed E-state index contributed by atoms with van der Waals surface area (Å²) in [4.78, 5) is 23.7. The summed E-state index contributed by atoms with van der Waals surface area (Å²) in [7, 11) is 3.14. The minimum absolute atomic E-state index is 0.0652. The lowest BCUT2D eigenvalue weighted by atomic mass is 9.97. The van der Waals surface area contributed by atoms with Crippen LogP contribution in [0.5, 0.6) is 11.5 Å². The summed E-state index contributed by atoms with van der Waals surface area (Å²) in [6, 6.07) is 12.4. The summed E-state index contributed by atoms with van der Waals surface area (Å²) in [6.45, 7) is 0. The van der Waals surface area contributed by atoms with E-state index in [9.17, 15) is 9.59 Å². The van der Waals surface area contributed by atoms with Gasteiger partial charge in [0.15, 0.2) is 0 Å². The molecule has 1 N–H and O–H groups in total. The molecule has 30 heavy (non-hydrogen) atoms. The van der Waals surface area contributed by atoms with Gasteiger partial charge in [-0.2, -0.15) is 5.10 Å². The number of aliphatic carboxylic acids is 1. The molecule has 1 aliphatic rings. The predicted octanol–water partition coefficient (Wildman–Crippen LogP) is 4.29. The normalized spacial score (nSPS) is 15.6. The summed E-state index contributed by atoms with van der Waals surface area (Å²) < 4.78 is 10.8. The first-order valence-corrected chi connectivity index (χ1v) is 9.90. The van der Waals surface area contributed by atoms with Crippen LogP contribution in [-0.4, -0.2) is 41.9 Å². The van der Waals surface area contributed by atoms with E-state index in [1.54, 1.807) is 26.4 Å². The number of hydrazone groups is 1. The fourth-order valence-corrected chi connectivity index (χ4v) is 3.62. The summed E-state index contributed by atoms with van der Waals surface area (Å²) in [5, 5.41) is 15.5. The number of ether oxygens (including phenoxy) is 2. The highest BCUT2D eigenvalue weighted by molar-refractivity contribution is 6.30. The highest BCUT2D eigenvalue weighted by atomic mass is 35.5. The molecule has 0 saturated heterocycles. The van der Waals surface area contributed by atoms with Crippen LogP contribution >= 0.6 is 11.6 Å². The van der Waals surface area contributed by atoms with Crippen LogP contribution in [0.4, 0.5) is 0 Å².